The van der Waals surface area contributed by atoms with Gasteiger partial charge in [-0.1, -0.05) is 31.4 Å². The number of carbonyl (C=O) groups excluding carboxylic acids is 2. The maximum atomic E-state index is 12.0. The van der Waals surface area contributed by atoms with Gasteiger partial charge in [0.05, 0.1) is 12.0 Å². The molecule has 2 amide bonds. The minimum Gasteiger partial charge on any atom is -0.481 e. The van der Waals surface area contributed by atoms with Gasteiger partial charge in [0, 0.05) is 12.1 Å². The Hall–Kier alpha value is -2.37. The van der Waals surface area contributed by atoms with E-state index in [1.165, 1.54) is 19.3 Å². The molecule has 6 nitrogen and oxygen atoms in total. The number of carbonyl (C=O) groups is 3. The van der Waals surface area contributed by atoms with Gasteiger partial charge in [0.15, 0.2) is 0 Å². The van der Waals surface area contributed by atoms with Crippen molar-refractivity contribution < 1.29 is 19.5 Å². The van der Waals surface area contributed by atoms with Crippen LogP contribution in [0.15, 0.2) is 24.3 Å². The van der Waals surface area contributed by atoms with Gasteiger partial charge in [0.1, 0.15) is 0 Å². The zero-order valence-corrected chi connectivity index (χ0v) is 15.5. The molecule has 1 aliphatic rings. The Morgan fingerprint density at radius 3 is 2.23 bits per heavy atom. The van der Waals surface area contributed by atoms with Crippen molar-refractivity contribution in [2.24, 2.45) is 5.92 Å². The molecule has 0 radical (unpaired) electrons. The van der Waals surface area contributed by atoms with Crippen LogP contribution in [0.4, 0.5) is 5.69 Å². The normalized spacial score (nSPS) is 15.3. The van der Waals surface area contributed by atoms with E-state index in [4.69, 9.17) is 0 Å². The third kappa shape index (κ3) is 5.58. The van der Waals surface area contributed by atoms with E-state index in [-0.39, 0.29) is 18.4 Å². The van der Waals surface area contributed by atoms with E-state index in [1.54, 1.807) is 38.1 Å². The Morgan fingerprint density at radius 1 is 1.04 bits per heavy atom. The largest absolute Gasteiger partial charge is 0.481 e. The van der Waals surface area contributed by atoms with Crippen LogP contribution in [0.5, 0.6) is 0 Å². The van der Waals surface area contributed by atoms with Crippen LogP contribution < -0.4 is 10.6 Å². The number of aliphatic carboxylic acids is 1. The van der Waals surface area contributed by atoms with Crippen molar-refractivity contribution in [3.05, 3.63) is 29.8 Å². The Kier molecular flexibility index (Phi) is 6.77. The van der Waals surface area contributed by atoms with Crippen LogP contribution in [-0.4, -0.2) is 29.4 Å². The lowest BCUT2D eigenvalue weighted by molar-refractivity contribution is -0.142. The highest BCUT2D eigenvalue weighted by Crippen LogP contribution is 2.26. The fourth-order valence-corrected chi connectivity index (χ4v) is 3.20. The number of anilines is 1. The smallest absolute Gasteiger partial charge is 0.313 e. The highest BCUT2D eigenvalue weighted by Gasteiger charge is 2.29. The number of carboxylic acid groups (broad SMARTS) is 1. The molecule has 0 spiro atoms. The average Bonchev–Trinajstić information content (AvgIpc) is 2.61. The Bertz CT molecular complexity index is 646. The minimum absolute atomic E-state index is 0.0616. The van der Waals surface area contributed by atoms with Gasteiger partial charge in [0.2, 0.25) is 11.8 Å². The van der Waals surface area contributed by atoms with Crippen molar-refractivity contribution in [1.29, 1.82) is 0 Å². The van der Waals surface area contributed by atoms with E-state index in [2.05, 4.69) is 10.6 Å². The number of nitrogens with one attached hydrogen (secondary N) is 2. The van der Waals surface area contributed by atoms with Crippen molar-refractivity contribution in [2.45, 2.75) is 57.8 Å². The number of rotatable bonds is 7. The van der Waals surface area contributed by atoms with Crippen molar-refractivity contribution in [3.8, 4) is 0 Å². The van der Waals surface area contributed by atoms with Gasteiger partial charge in [-0.05, 0) is 50.3 Å². The first kappa shape index (κ1) is 19.9. The molecule has 1 saturated carbocycles. The maximum absolute atomic E-state index is 12.0. The summed E-state index contributed by atoms with van der Waals surface area (Å²) in [7, 11) is 0. The van der Waals surface area contributed by atoms with Gasteiger partial charge in [-0.2, -0.15) is 0 Å². The van der Waals surface area contributed by atoms with Crippen LogP contribution in [0.2, 0.25) is 0 Å². The second-order valence-electron chi connectivity index (χ2n) is 7.54. The molecule has 0 atom stereocenters. The van der Waals surface area contributed by atoms with Crippen molar-refractivity contribution in [3.63, 3.8) is 0 Å². The summed E-state index contributed by atoms with van der Waals surface area (Å²) in [5.74, 6) is -0.843. The lowest BCUT2D eigenvalue weighted by Crippen LogP contribution is -2.34. The van der Waals surface area contributed by atoms with Gasteiger partial charge in [-0.15, -0.1) is 0 Å². The SMILES string of the molecule is CC(C)(C(=O)O)c1ccc(NC(=O)CNC(=O)CC2CCCCC2)cc1. The molecule has 0 heterocycles. The maximum Gasteiger partial charge on any atom is 0.313 e. The lowest BCUT2D eigenvalue weighted by Gasteiger charge is -2.21. The van der Waals surface area contributed by atoms with Crippen LogP contribution in [0.25, 0.3) is 0 Å². The van der Waals surface area contributed by atoms with E-state index in [0.29, 0.717) is 23.6 Å². The van der Waals surface area contributed by atoms with E-state index in [9.17, 15) is 19.5 Å². The Morgan fingerprint density at radius 2 is 1.65 bits per heavy atom. The first-order chi connectivity index (χ1) is 12.3. The molecule has 6 heteroatoms. The van der Waals surface area contributed by atoms with Crippen molar-refractivity contribution >= 4 is 23.5 Å². The Balaban J connectivity index is 1.78. The minimum atomic E-state index is -0.990. The topological polar surface area (TPSA) is 95.5 Å². The third-order valence-electron chi connectivity index (χ3n) is 5.07. The predicted molar refractivity (Wildman–Crippen MR) is 99.9 cm³/mol. The summed E-state index contributed by atoms with van der Waals surface area (Å²) in [6.45, 7) is 3.20. The van der Waals surface area contributed by atoms with Crippen LogP contribution >= 0.6 is 0 Å². The second kappa shape index (κ2) is 8.83. The number of hydrogen-bond donors (Lipinski definition) is 3. The molecule has 26 heavy (non-hydrogen) atoms. The van der Waals surface area contributed by atoms with Crippen LogP contribution in [-0.2, 0) is 19.8 Å². The molecule has 2 rings (SSSR count). The van der Waals surface area contributed by atoms with E-state index >= 15 is 0 Å². The summed E-state index contributed by atoms with van der Waals surface area (Å²) in [4.78, 5) is 35.2. The van der Waals surface area contributed by atoms with Gasteiger partial charge in [0.25, 0.3) is 0 Å². The third-order valence-corrected chi connectivity index (χ3v) is 5.07. The molecule has 1 aromatic carbocycles. The zero-order chi connectivity index (χ0) is 19.2. The molecular weight excluding hydrogens is 332 g/mol. The standard InChI is InChI=1S/C20H28N2O4/c1-20(2,19(25)26)15-8-10-16(11-9-15)22-18(24)13-21-17(23)12-14-6-4-3-5-7-14/h8-11,14H,3-7,12-13H2,1-2H3,(H,21,23)(H,22,24)(H,25,26). The number of carboxylic acids is 1. The molecule has 3 N–H and O–H groups in total. The molecule has 0 unspecified atom stereocenters. The number of hydrogen-bond acceptors (Lipinski definition) is 3. The first-order valence-electron chi connectivity index (χ1n) is 9.19. The zero-order valence-electron chi connectivity index (χ0n) is 15.5. The fraction of sp³-hybridized carbons (Fsp3) is 0.550. The molecule has 142 valence electrons. The molecule has 1 aliphatic carbocycles. The van der Waals surface area contributed by atoms with E-state index < -0.39 is 11.4 Å². The summed E-state index contributed by atoms with van der Waals surface area (Å²) in [6.07, 6.45) is 6.31. The molecular formula is C20H28N2O4. The van der Waals surface area contributed by atoms with Crippen molar-refractivity contribution in [1.82, 2.24) is 5.32 Å². The van der Waals surface area contributed by atoms with Crippen LogP contribution in [0.1, 0.15) is 57.9 Å². The van der Waals surface area contributed by atoms with Gasteiger partial charge >= 0.3 is 5.97 Å². The molecule has 0 aromatic heterocycles. The summed E-state index contributed by atoms with van der Waals surface area (Å²) in [6, 6.07) is 6.71. The lowest BCUT2D eigenvalue weighted by atomic mass is 9.85. The first-order valence-corrected chi connectivity index (χ1v) is 9.19. The molecule has 0 saturated heterocycles. The molecule has 1 fully saturated rings. The second-order valence-corrected chi connectivity index (χ2v) is 7.54. The fourth-order valence-electron chi connectivity index (χ4n) is 3.20. The van der Waals surface area contributed by atoms with Gasteiger partial charge in [-0.25, -0.2) is 0 Å². The Labute approximate surface area is 154 Å². The average molecular weight is 360 g/mol. The van der Waals surface area contributed by atoms with E-state index in [1.807, 2.05) is 0 Å². The van der Waals surface area contributed by atoms with Crippen LogP contribution in [0.3, 0.4) is 0 Å². The van der Waals surface area contributed by atoms with Gasteiger partial charge in [-0.3, -0.25) is 14.4 Å². The summed E-state index contributed by atoms with van der Waals surface area (Å²) >= 11 is 0. The number of amides is 2. The quantitative estimate of drug-likeness (QED) is 0.696. The predicted octanol–water partition coefficient (Wildman–Crippen LogP) is 3.07. The van der Waals surface area contributed by atoms with Crippen molar-refractivity contribution in [2.75, 3.05) is 11.9 Å². The molecule has 1 aromatic rings. The number of benzene rings is 1. The van der Waals surface area contributed by atoms with Gasteiger partial charge < -0.3 is 15.7 Å². The summed E-state index contributed by atoms with van der Waals surface area (Å²) in [5.41, 5.74) is 0.237. The monoisotopic (exact) mass is 360 g/mol. The summed E-state index contributed by atoms with van der Waals surface area (Å²) < 4.78 is 0. The highest BCUT2D eigenvalue weighted by atomic mass is 16.4. The summed E-state index contributed by atoms with van der Waals surface area (Å²) in [5, 5.41) is 14.6. The molecule has 0 aliphatic heterocycles. The van der Waals surface area contributed by atoms with E-state index in [0.717, 1.165) is 12.8 Å². The molecule has 0 bridgehead atoms. The highest BCUT2D eigenvalue weighted by molar-refractivity contribution is 5.94. The van der Waals surface area contributed by atoms with Crippen LogP contribution in [0, 0.1) is 5.92 Å².